The van der Waals surface area contributed by atoms with Crippen molar-refractivity contribution in [3.05, 3.63) is 30.5 Å². The van der Waals surface area contributed by atoms with Crippen LogP contribution in [0.4, 0.5) is 0 Å². The second-order valence-corrected chi connectivity index (χ2v) is 7.16. The molecule has 0 saturated heterocycles. The highest BCUT2D eigenvalue weighted by atomic mass is 16.1. The number of nitrogens with one attached hydrogen (secondary N) is 1. The van der Waals surface area contributed by atoms with Crippen molar-refractivity contribution in [2.24, 2.45) is 5.92 Å². The monoisotopic (exact) mass is 339 g/mol. The summed E-state index contributed by atoms with van der Waals surface area (Å²) in [6.07, 6.45) is 15.2. The Balaban J connectivity index is 1.41. The summed E-state index contributed by atoms with van der Waals surface area (Å²) in [5.41, 5.74) is 3.20. The Kier molecular flexibility index (Phi) is 4.76. The van der Waals surface area contributed by atoms with Crippen molar-refractivity contribution >= 4 is 5.91 Å². The van der Waals surface area contributed by atoms with E-state index in [0.717, 1.165) is 24.1 Å². The molecule has 2 aliphatic carbocycles. The minimum atomic E-state index is 0.212. The van der Waals surface area contributed by atoms with Crippen LogP contribution in [0, 0.1) is 5.92 Å². The Hall–Kier alpha value is -2.24. The predicted octanol–water partition coefficient (Wildman–Crippen LogP) is 2.91. The normalized spacial score (nSPS) is 18.2. The van der Waals surface area contributed by atoms with E-state index in [2.05, 4.69) is 20.4 Å². The van der Waals surface area contributed by atoms with Crippen LogP contribution in [0.15, 0.2) is 24.8 Å². The van der Waals surface area contributed by atoms with Gasteiger partial charge in [-0.3, -0.25) is 19.4 Å². The van der Waals surface area contributed by atoms with Crippen LogP contribution in [0.5, 0.6) is 0 Å². The van der Waals surface area contributed by atoms with Gasteiger partial charge >= 0.3 is 0 Å². The summed E-state index contributed by atoms with van der Waals surface area (Å²) in [6.45, 7) is 1.35. The molecule has 25 heavy (non-hydrogen) atoms. The smallest absolute Gasteiger partial charge is 0.223 e. The van der Waals surface area contributed by atoms with Crippen LogP contribution >= 0.6 is 0 Å². The molecule has 2 fully saturated rings. The van der Waals surface area contributed by atoms with Gasteiger partial charge in [0.15, 0.2) is 0 Å². The van der Waals surface area contributed by atoms with Crippen molar-refractivity contribution in [3.63, 3.8) is 0 Å². The molecule has 0 aromatic carbocycles. The number of hydrogen-bond acceptors (Lipinski definition) is 4. The van der Waals surface area contributed by atoms with Crippen molar-refractivity contribution in [2.45, 2.75) is 57.4 Å². The van der Waals surface area contributed by atoms with E-state index in [-0.39, 0.29) is 11.8 Å². The van der Waals surface area contributed by atoms with Crippen LogP contribution in [-0.4, -0.2) is 32.2 Å². The van der Waals surface area contributed by atoms with Gasteiger partial charge < -0.3 is 5.32 Å². The summed E-state index contributed by atoms with van der Waals surface area (Å²) in [5, 5.41) is 7.67. The van der Waals surface area contributed by atoms with E-state index in [0.29, 0.717) is 19.0 Å². The molecule has 0 radical (unpaired) electrons. The molecule has 0 bridgehead atoms. The fourth-order valence-electron chi connectivity index (χ4n) is 3.79. The standard InChI is InChI=1S/C19H25N5O/c25-19(15-4-2-1-3-5-15)22-10-11-24-18(14-6-7-14)16(12-23-24)17-13-20-8-9-21-17/h8-9,12-15H,1-7,10-11H2,(H,22,25). The van der Waals surface area contributed by atoms with E-state index < -0.39 is 0 Å². The number of nitrogens with zero attached hydrogens (tertiary/aromatic N) is 4. The Morgan fingerprint density at radius 1 is 1.12 bits per heavy atom. The summed E-state index contributed by atoms with van der Waals surface area (Å²) in [6, 6.07) is 0. The molecule has 2 saturated carbocycles. The van der Waals surface area contributed by atoms with Gasteiger partial charge in [-0.15, -0.1) is 0 Å². The van der Waals surface area contributed by atoms with Crippen molar-refractivity contribution in [1.29, 1.82) is 0 Å². The Morgan fingerprint density at radius 3 is 2.68 bits per heavy atom. The number of amides is 1. The Labute approximate surface area is 148 Å². The molecule has 132 valence electrons. The molecule has 1 amide bonds. The van der Waals surface area contributed by atoms with Gasteiger partial charge in [0.1, 0.15) is 0 Å². The third-order valence-electron chi connectivity index (χ3n) is 5.28. The van der Waals surface area contributed by atoms with E-state index >= 15 is 0 Å². The second kappa shape index (κ2) is 7.33. The predicted molar refractivity (Wildman–Crippen MR) is 94.8 cm³/mol. The van der Waals surface area contributed by atoms with Gasteiger partial charge in [0.05, 0.1) is 30.3 Å². The van der Waals surface area contributed by atoms with E-state index in [9.17, 15) is 4.79 Å². The summed E-state index contributed by atoms with van der Waals surface area (Å²) in [4.78, 5) is 20.9. The molecule has 4 rings (SSSR count). The number of aromatic nitrogens is 4. The van der Waals surface area contributed by atoms with Crippen LogP contribution in [0.3, 0.4) is 0 Å². The lowest BCUT2D eigenvalue weighted by molar-refractivity contribution is -0.125. The first-order valence-electron chi connectivity index (χ1n) is 9.42. The number of rotatable bonds is 6. The maximum Gasteiger partial charge on any atom is 0.223 e. The maximum atomic E-state index is 12.3. The lowest BCUT2D eigenvalue weighted by Crippen LogP contribution is -2.34. The summed E-state index contributed by atoms with van der Waals surface area (Å²) in [7, 11) is 0. The van der Waals surface area contributed by atoms with Gasteiger partial charge in [-0.25, -0.2) is 0 Å². The van der Waals surface area contributed by atoms with Gasteiger partial charge in [0, 0.05) is 36.3 Å². The molecule has 2 aromatic heterocycles. The largest absolute Gasteiger partial charge is 0.354 e. The zero-order valence-electron chi connectivity index (χ0n) is 14.5. The SMILES string of the molecule is O=C(NCCn1ncc(-c2cnccn2)c1C1CC1)C1CCCCC1. The molecule has 1 N–H and O–H groups in total. The van der Waals surface area contributed by atoms with Gasteiger partial charge in [-0.2, -0.15) is 5.10 Å². The van der Waals surface area contributed by atoms with Crippen LogP contribution in [0.2, 0.25) is 0 Å². The highest BCUT2D eigenvalue weighted by Crippen LogP contribution is 2.43. The molecule has 2 heterocycles. The average molecular weight is 339 g/mol. The lowest BCUT2D eigenvalue weighted by Gasteiger charge is -2.20. The number of carbonyl (C=O) groups excluding carboxylic acids is 1. The van der Waals surface area contributed by atoms with Crippen LogP contribution in [-0.2, 0) is 11.3 Å². The first-order valence-corrected chi connectivity index (χ1v) is 9.42. The number of carbonyl (C=O) groups is 1. The molecular weight excluding hydrogens is 314 g/mol. The van der Waals surface area contributed by atoms with Gasteiger partial charge in [0.25, 0.3) is 0 Å². The topological polar surface area (TPSA) is 72.7 Å². The molecule has 2 aliphatic rings. The van der Waals surface area contributed by atoms with E-state index in [1.165, 1.54) is 37.8 Å². The summed E-state index contributed by atoms with van der Waals surface area (Å²) in [5.74, 6) is 0.993. The van der Waals surface area contributed by atoms with E-state index in [1.54, 1.807) is 18.6 Å². The molecule has 6 nitrogen and oxygen atoms in total. The fourth-order valence-corrected chi connectivity index (χ4v) is 3.79. The Bertz CT molecular complexity index is 717. The first-order chi connectivity index (χ1) is 12.3. The minimum Gasteiger partial charge on any atom is -0.354 e. The molecule has 6 heteroatoms. The van der Waals surface area contributed by atoms with Crippen molar-refractivity contribution in [2.75, 3.05) is 6.54 Å². The summed E-state index contributed by atoms with van der Waals surface area (Å²) < 4.78 is 2.04. The van der Waals surface area contributed by atoms with E-state index in [1.807, 2.05) is 10.9 Å². The molecule has 0 unspecified atom stereocenters. The molecule has 2 aromatic rings. The fraction of sp³-hybridized carbons (Fsp3) is 0.579. The Morgan fingerprint density at radius 2 is 1.96 bits per heavy atom. The van der Waals surface area contributed by atoms with Gasteiger partial charge in [-0.1, -0.05) is 19.3 Å². The van der Waals surface area contributed by atoms with Crippen LogP contribution in [0.1, 0.15) is 56.6 Å². The molecule has 0 atom stereocenters. The zero-order chi connectivity index (χ0) is 17.1. The first kappa shape index (κ1) is 16.2. The van der Waals surface area contributed by atoms with Crippen LogP contribution in [0.25, 0.3) is 11.3 Å². The highest BCUT2D eigenvalue weighted by Gasteiger charge is 2.31. The van der Waals surface area contributed by atoms with Crippen LogP contribution < -0.4 is 5.32 Å². The van der Waals surface area contributed by atoms with Gasteiger partial charge in [-0.05, 0) is 25.7 Å². The lowest BCUT2D eigenvalue weighted by atomic mass is 9.89. The number of hydrogen-bond donors (Lipinski definition) is 1. The van der Waals surface area contributed by atoms with Crippen molar-refractivity contribution in [3.8, 4) is 11.3 Å². The van der Waals surface area contributed by atoms with Crippen molar-refractivity contribution in [1.82, 2.24) is 25.1 Å². The zero-order valence-corrected chi connectivity index (χ0v) is 14.5. The van der Waals surface area contributed by atoms with E-state index in [4.69, 9.17) is 0 Å². The highest BCUT2D eigenvalue weighted by molar-refractivity contribution is 5.78. The summed E-state index contributed by atoms with van der Waals surface area (Å²) >= 11 is 0. The third-order valence-corrected chi connectivity index (χ3v) is 5.28. The van der Waals surface area contributed by atoms with Gasteiger partial charge in [0.2, 0.25) is 5.91 Å². The molecule has 0 aliphatic heterocycles. The molecular formula is C19H25N5O. The molecule has 0 spiro atoms. The quantitative estimate of drug-likeness (QED) is 0.878. The van der Waals surface area contributed by atoms with Crippen molar-refractivity contribution < 1.29 is 4.79 Å². The average Bonchev–Trinajstić information content (AvgIpc) is 3.43. The maximum absolute atomic E-state index is 12.3. The minimum absolute atomic E-state index is 0.212. The third kappa shape index (κ3) is 3.72. The second-order valence-electron chi connectivity index (χ2n) is 7.16.